The van der Waals surface area contributed by atoms with Gasteiger partial charge < -0.3 is 5.73 Å². The standard InChI is InChI=1S/C12H19NS/c1-12(2,3)8-4-5-9-10(13)7-14-11(9)6-8/h7-8H,4-6,13H2,1-3H3. The van der Waals surface area contributed by atoms with Gasteiger partial charge >= 0.3 is 0 Å². The van der Waals surface area contributed by atoms with Crippen LogP contribution in [0.2, 0.25) is 0 Å². The zero-order chi connectivity index (χ0) is 10.3. The molecule has 1 atom stereocenters. The summed E-state index contributed by atoms with van der Waals surface area (Å²) < 4.78 is 0. The molecule has 0 saturated heterocycles. The fraction of sp³-hybridized carbons (Fsp3) is 0.667. The first kappa shape index (κ1) is 10.0. The van der Waals surface area contributed by atoms with E-state index in [2.05, 4.69) is 26.2 Å². The third-order valence-corrected chi connectivity index (χ3v) is 4.48. The SMILES string of the molecule is CC(C)(C)C1CCc2c(N)csc2C1. The van der Waals surface area contributed by atoms with Gasteiger partial charge in [-0.25, -0.2) is 0 Å². The van der Waals surface area contributed by atoms with Crippen LogP contribution in [0.4, 0.5) is 5.69 Å². The van der Waals surface area contributed by atoms with Crippen molar-refractivity contribution in [2.45, 2.75) is 40.0 Å². The van der Waals surface area contributed by atoms with Crippen molar-refractivity contribution in [3.05, 3.63) is 15.8 Å². The number of rotatable bonds is 0. The molecule has 0 radical (unpaired) electrons. The summed E-state index contributed by atoms with van der Waals surface area (Å²) in [7, 11) is 0. The molecule has 1 nitrogen and oxygen atoms in total. The fourth-order valence-corrected chi connectivity index (χ4v) is 3.35. The van der Waals surface area contributed by atoms with Gasteiger partial charge in [-0.3, -0.25) is 0 Å². The van der Waals surface area contributed by atoms with Crippen LogP contribution in [0.15, 0.2) is 5.38 Å². The van der Waals surface area contributed by atoms with Crippen LogP contribution < -0.4 is 5.73 Å². The molecule has 14 heavy (non-hydrogen) atoms. The molecule has 0 aliphatic heterocycles. The van der Waals surface area contributed by atoms with Crippen LogP contribution in [0.3, 0.4) is 0 Å². The van der Waals surface area contributed by atoms with Gasteiger partial charge in [0.2, 0.25) is 0 Å². The van der Waals surface area contributed by atoms with Crippen molar-refractivity contribution in [1.82, 2.24) is 0 Å². The van der Waals surface area contributed by atoms with Crippen molar-refractivity contribution >= 4 is 17.0 Å². The Bertz CT molecular complexity index is 333. The van der Waals surface area contributed by atoms with Gasteiger partial charge in [0.1, 0.15) is 0 Å². The topological polar surface area (TPSA) is 26.0 Å². The summed E-state index contributed by atoms with van der Waals surface area (Å²) >= 11 is 1.85. The number of anilines is 1. The first-order valence-corrected chi connectivity index (χ1v) is 6.21. The average Bonchev–Trinajstić information content (AvgIpc) is 2.46. The zero-order valence-corrected chi connectivity index (χ0v) is 10.1. The minimum Gasteiger partial charge on any atom is -0.398 e. The smallest absolute Gasteiger partial charge is 0.0458 e. The molecule has 0 saturated carbocycles. The van der Waals surface area contributed by atoms with E-state index in [4.69, 9.17) is 5.73 Å². The molecule has 2 rings (SSSR count). The molecular formula is C12H19NS. The lowest BCUT2D eigenvalue weighted by atomic mass is 9.72. The molecule has 1 unspecified atom stereocenters. The molecule has 1 aromatic rings. The van der Waals surface area contributed by atoms with Crippen LogP contribution in [0.25, 0.3) is 0 Å². The van der Waals surface area contributed by atoms with Gasteiger partial charge in [0.15, 0.2) is 0 Å². The maximum absolute atomic E-state index is 5.93. The van der Waals surface area contributed by atoms with Crippen molar-refractivity contribution < 1.29 is 0 Å². The van der Waals surface area contributed by atoms with E-state index in [0.29, 0.717) is 5.41 Å². The van der Waals surface area contributed by atoms with E-state index in [1.165, 1.54) is 29.7 Å². The number of nitrogens with two attached hydrogens (primary N) is 1. The Balaban J connectivity index is 2.22. The molecule has 0 spiro atoms. The van der Waals surface area contributed by atoms with E-state index >= 15 is 0 Å². The van der Waals surface area contributed by atoms with Gasteiger partial charge in [-0.15, -0.1) is 11.3 Å². The minimum absolute atomic E-state index is 0.441. The Hall–Kier alpha value is -0.500. The van der Waals surface area contributed by atoms with Gasteiger partial charge in [-0.05, 0) is 36.2 Å². The van der Waals surface area contributed by atoms with E-state index in [1.54, 1.807) is 0 Å². The first-order chi connectivity index (χ1) is 6.48. The lowest BCUT2D eigenvalue weighted by Crippen LogP contribution is -2.26. The van der Waals surface area contributed by atoms with Crippen LogP contribution in [-0.2, 0) is 12.8 Å². The summed E-state index contributed by atoms with van der Waals surface area (Å²) in [5, 5.41) is 2.11. The highest BCUT2D eigenvalue weighted by Crippen LogP contribution is 2.41. The Morgan fingerprint density at radius 1 is 1.43 bits per heavy atom. The zero-order valence-electron chi connectivity index (χ0n) is 9.26. The van der Waals surface area contributed by atoms with Crippen molar-refractivity contribution in [2.24, 2.45) is 11.3 Å². The molecule has 0 amide bonds. The Morgan fingerprint density at radius 2 is 2.14 bits per heavy atom. The number of thiophene rings is 1. The summed E-state index contributed by atoms with van der Waals surface area (Å²) in [4.78, 5) is 1.54. The molecule has 1 aliphatic rings. The monoisotopic (exact) mass is 209 g/mol. The van der Waals surface area contributed by atoms with Crippen molar-refractivity contribution in [3.63, 3.8) is 0 Å². The molecule has 0 fully saturated rings. The van der Waals surface area contributed by atoms with E-state index in [1.807, 2.05) is 11.3 Å². The lowest BCUT2D eigenvalue weighted by molar-refractivity contribution is 0.218. The van der Waals surface area contributed by atoms with Crippen LogP contribution in [0.1, 0.15) is 37.6 Å². The first-order valence-electron chi connectivity index (χ1n) is 5.33. The minimum atomic E-state index is 0.441. The fourth-order valence-electron chi connectivity index (χ4n) is 2.28. The van der Waals surface area contributed by atoms with Crippen molar-refractivity contribution in [3.8, 4) is 0 Å². The molecule has 2 heteroatoms. The predicted molar refractivity (Wildman–Crippen MR) is 63.7 cm³/mol. The maximum Gasteiger partial charge on any atom is 0.0458 e. The van der Waals surface area contributed by atoms with Crippen LogP contribution in [0, 0.1) is 11.3 Å². The molecule has 1 aromatic heterocycles. The Kier molecular flexibility index (Phi) is 2.34. The second kappa shape index (κ2) is 3.27. The lowest BCUT2D eigenvalue weighted by Gasteiger charge is -2.33. The number of nitrogen functional groups attached to an aromatic ring is 1. The second-order valence-corrected chi connectivity index (χ2v) is 6.36. The van der Waals surface area contributed by atoms with Gasteiger partial charge in [0.25, 0.3) is 0 Å². The molecule has 0 aromatic carbocycles. The summed E-state index contributed by atoms with van der Waals surface area (Å²) in [6.45, 7) is 7.04. The van der Waals surface area contributed by atoms with E-state index in [9.17, 15) is 0 Å². The molecule has 0 bridgehead atoms. The number of fused-ring (bicyclic) bond motifs is 1. The average molecular weight is 209 g/mol. The van der Waals surface area contributed by atoms with Crippen molar-refractivity contribution in [2.75, 3.05) is 5.73 Å². The number of hydrogen-bond donors (Lipinski definition) is 1. The summed E-state index contributed by atoms with van der Waals surface area (Å²) in [5.41, 5.74) is 8.83. The predicted octanol–water partition coefficient (Wildman–Crippen LogP) is 3.48. The Morgan fingerprint density at radius 3 is 2.79 bits per heavy atom. The third kappa shape index (κ3) is 1.68. The molecule has 2 N–H and O–H groups in total. The summed E-state index contributed by atoms with van der Waals surface area (Å²) in [6, 6.07) is 0. The quantitative estimate of drug-likeness (QED) is 0.695. The van der Waals surface area contributed by atoms with Gasteiger partial charge in [0, 0.05) is 15.9 Å². The number of hydrogen-bond acceptors (Lipinski definition) is 2. The molecule has 78 valence electrons. The summed E-state index contributed by atoms with van der Waals surface area (Å²) in [5.74, 6) is 0.827. The van der Waals surface area contributed by atoms with Gasteiger partial charge in [-0.2, -0.15) is 0 Å². The molecular weight excluding hydrogens is 190 g/mol. The largest absolute Gasteiger partial charge is 0.398 e. The highest BCUT2D eigenvalue weighted by Gasteiger charge is 2.30. The highest BCUT2D eigenvalue weighted by atomic mass is 32.1. The van der Waals surface area contributed by atoms with Crippen molar-refractivity contribution in [1.29, 1.82) is 0 Å². The van der Waals surface area contributed by atoms with Crippen LogP contribution >= 0.6 is 11.3 Å². The maximum atomic E-state index is 5.93. The van der Waals surface area contributed by atoms with Gasteiger partial charge in [-0.1, -0.05) is 20.8 Å². The summed E-state index contributed by atoms with van der Waals surface area (Å²) in [6.07, 6.45) is 3.73. The van der Waals surface area contributed by atoms with E-state index in [0.717, 1.165) is 11.6 Å². The van der Waals surface area contributed by atoms with E-state index < -0.39 is 0 Å². The van der Waals surface area contributed by atoms with Crippen LogP contribution in [0.5, 0.6) is 0 Å². The van der Waals surface area contributed by atoms with Crippen LogP contribution in [-0.4, -0.2) is 0 Å². The Labute approximate surface area is 90.3 Å². The molecule has 1 aliphatic carbocycles. The third-order valence-electron chi connectivity index (χ3n) is 3.41. The molecule has 1 heterocycles. The highest BCUT2D eigenvalue weighted by molar-refractivity contribution is 7.10. The normalized spacial score (nSPS) is 22.1. The second-order valence-electron chi connectivity index (χ2n) is 5.40. The van der Waals surface area contributed by atoms with Gasteiger partial charge in [0.05, 0.1) is 0 Å². The van der Waals surface area contributed by atoms with E-state index in [-0.39, 0.29) is 0 Å².